The van der Waals surface area contributed by atoms with Crippen molar-refractivity contribution in [2.45, 2.75) is 45.1 Å². The van der Waals surface area contributed by atoms with Crippen LogP contribution in [-0.2, 0) is 6.42 Å². The molecular formula is C27H30F3N5O2. The predicted molar refractivity (Wildman–Crippen MR) is 136 cm³/mol. The number of pyridine rings is 2. The molecule has 0 spiro atoms. The van der Waals surface area contributed by atoms with Gasteiger partial charge in [-0.3, -0.25) is 9.78 Å². The third kappa shape index (κ3) is 5.85. The smallest absolute Gasteiger partial charge is 0.187 e. The summed E-state index contributed by atoms with van der Waals surface area (Å²) in [6.07, 6.45) is 6.40. The predicted octanol–water partition coefficient (Wildman–Crippen LogP) is 4.67. The van der Waals surface area contributed by atoms with Crippen LogP contribution in [0.2, 0.25) is 0 Å². The molecule has 37 heavy (non-hydrogen) atoms. The van der Waals surface area contributed by atoms with Gasteiger partial charge in [-0.25, -0.2) is 18.2 Å². The number of aromatic nitrogens is 2. The van der Waals surface area contributed by atoms with Crippen LogP contribution in [0.1, 0.15) is 48.7 Å². The van der Waals surface area contributed by atoms with Crippen molar-refractivity contribution in [3.63, 3.8) is 0 Å². The molecule has 1 aromatic carbocycles. The van der Waals surface area contributed by atoms with Crippen LogP contribution in [-0.4, -0.2) is 41.5 Å². The molecule has 3 heterocycles. The van der Waals surface area contributed by atoms with Gasteiger partial charge in [0.25, 0.3) is 0 Å². The van der Waals surface area contributed by atoms with E-state index in [1.807, 2.05) is 13.0 Å². The topological polar surface area (TPSA) is 107 Å². The highest BCUT2D eigenvalue weighted by atomic mass is 19.1. The van der Waals surface area contributed by atoms with Crippen LogP contribution in [0.15, 0.2) is 36.7 Å². The number of hydrogen-bond donors (Lipinski definition) is 2. The number of piperidine rings is 1. The van der Waals surface area contributed by atoms with E-state index in [4.69, 9.17) is 16.2 Å². The molecule has 0 amide bonds. The van der Waals surface area contributed by atoms with E-state index >= 15 is 4.39 Å². The summed E-state index contributed by atoms with van der Waals surface area (Å²) in [5.41, 5.74) is 11.6. The first-order valence-corrected chi connectivity index (χ1v) is 12.3. The average molecular weight is 514 g/mol. The monoisotopic (exact) mass is 513 g/mol. The van der Waals surface area contributed by atoms with Crippen molar-refractivity contribution in [3.8, 4) is 17.0 Å². The highest BCUT2D eigenvalue weighted by Crippen LogP contribution is 2.34. The zero-order valence-electron chi connectivity index (χ0n) is 20.6. The highest BCUT2D eigenvalue weighted by Gasteiger charge is 2.26. The lowest BCUT2D eigenvalue weighted by atomic mass is 10.0. The summed E-state index contributed by atoms with van der Waals surface area (Å²) in [5.74, 6) is -3.95. The Balaban J connectivity index is 1.67. The van der Waals surface area contributed by atoms with E-state index in [0.29, 0.717) is 18.5 Å². The van der Waals surface area contributed by atoms with Crippen LogP contribution >= 0.6 is 0 Å². The summed E-state index contributed by atoms with van der Waals surface area (Å²) in [5, 5.41) is 0. The molecule has 0 saturated carbocycles. The van der Waals surface area contributed by atoms with Gasteiger partial charge < -0.3 is 21.1 Å². The van der Waals surface area contributed by atoms with Gasteiger partial charge in [-0.2, -0.15) is 0 Å². The second kappa shape index (κ2) is 11.6. The quantitative estimate of drug-likeness (QED) is 0.316. The Kier molecular flexibility index (Phi) is 8.27. The number of hydrogen-bond acceptors (Lipinski definition) is 7. The van der Waals surface area contributed by atoms with E-state index in [2.05, 4.69) is 14.9 Å². The lowest BCUT2D eigenvalue weighted by molar-refractivity contribution is 0.0989. The third-order valence-corrected chi connectivity index (χ3v) is 6.34. The van der Waals surface area contributed by atoms with Crippen LogP contribution in [0.4, 0.5) is 24.5 Å². The van der Waals surface area contributed by atoms with E-state index in [1.54, 1.807) is 12.4 Å². The molecule has 0 unspecified atom stereocenters. The SMILES string of the molecule is CCCCOc1ccc(F)c(-c2nc(C(=O)Cc3cnccc3N3CCC[C@H](N)C3)c(N)cc2F)c1F. The van der Waals surface area contributed by atoms with Gasteiger partial charge in [-0.15, -0.1) is 0 Å². The second-order valence-corrected chi connectivity index (χ2v) is 9.15. The number of Topliss-reactive ketones (excluding diaryl/α,β-unsaturated/α-hetero) is 1. The molecule has 1 atom stereocenters. The van der Waals surface area contributed by atoms with Gasteiger partial charge >= 0.3 is 0 Å². The van der Waals surface area contributed by atoms with Crippen LogP contribution in [0, 0.1) is 17.5 Å². The van der Waals surface area contributed by atoms with Crippen LogP contribution in [0.25, 0.3) is 11.3 Å². The second-order valence-electron chi connectivity index (χ2n) is 9.15. The number of rotatable bonds is 9. The van der Waals surface area contributed by atoms with Gasteiger partial charge in [0.1, 0.15) is 17.2 Å². The van der Waals surface area contributed by atoms with Gasteiger partial charge in [0.2, 0.25) is 0 Å². The number of ether oxygens (including phenoxy) is 1. The number of anilines is 2. The molecule has 10 heteroatoms. The zero-order chi connectivity index (χ0) is 26.5. The Morgan fingerprint density at radius 1 is 1.22 bits per heavy atom. The Morgan fingerprint density at radius 2 is 2.03 bits per heavy atom. The molecule has 3 aromatic rings. The number of carbonyl (C=O) groups is 1. The van der Waals surface area contributed by atoms with Gasteiger partial charge in [0.05, 0.1) is 17.9 Å². The van der Waals surface area contributed by atoms with Crippen molar-refractivity contribution in [1.82, 2.24) is 9.97 Å². The number of halogens is 3. The van der Waals surface area contributed by atoms with Gasteiger partial charge in [0.15, 0.2) is 23.2 Å². The molecule has 1 aliphatic rings. The van der Waals surface area contributed by atoms with Gasteiger partial charge in [-0.1, -0.05) is 13.3 Å². The summed E-state index contributed by atoms with van der Waals surface area (Å²) in [4.78, 5) is 23.5. The maximum atomic E-state index is 15.2. The number of unbranched alkanes of at least 4 members (excludes halogenated alkanes) is 1. The third-order valence-electron chi connectivity index (χ3n) is 6.34. The van der Waals surface area contributed by atoms with Crippen molar-refractivity contribution in [2.24, 2.45) is 5.73 Å². The first-order valence-electron chi connectivity index (χ1n) is 12.3. The average Bonchev–Trinajstić information content (AvgIpc) is 2.87. The van der Waals surface area contributed by atoms with Crippen LogP contribution in [0.5, 0.6) is 5.75 Å². The normalized spacial score (nSPS) is 15.6. The Labute approximate surface area is 213 Å². The number of nitrogens with two attached hydrogens (primary N) is 2. The largest absolute Gasteiger partial charge is 0.490 e. The molecule has 196 valence electrons. The molecule has 0 radical (unpaired) electrons. The van der Waals surface area contributed by atoms with E-state index < -0.39 is 34.5 Å². The zero-order valence-corrected chi connectivity index (χ0v) is 20.6. The van der Waals surface area contributed by atoms with Crippen molar-refractivity contribution < 1.29 is 22.7 Å². The molecule has 0 bridgehead atoms. The number of nitrogens with zero attached hydrogens (tertiary/aromatic N) is 3. The first-order chi connectivity index (χ1) is 17.8. The fraction of sp³-hybridized carbons (Fsp3) is 0.370. The van der Waals surface area contributed by atoms with Crippen molar-refractivity contribution in [1.29, 1.82) is 0 Å². The van der Waals surface area contributed by atoms with Crippen LogP contribution < -0.4 is 21.1 Å². The minimum absolute atomic E-state index is 0.0222. The van der Waals surface area contributed by atoms with Crippen molar-refractivity contribution >= 4 is 17.2 Å². The van der Waals surface area contributed by atoms with Crippen molar-refractivity contribution in [3.05, 3.63) is 65.4 Å². The Hall–Kier alpha value is -3.66. The Bertz CT molecular complexity index is 1290. The summed E-state index contributed by atoms with van der Waals surface area (Å²) in [6.45, 7) is 3.59. The summed E-state index contributed by atoms with van der Waals surface area (Å²) in [6, 6.07) is 4.80. The standard InChI is InChI=1S/C27H30F3N5O2/c1-2-3-11-37-23-7-6-18(28)24(25(23)30)26-19(29)13-20(32)27(34-26)22(36)12-16-14-33-9-8-21(16)35-10-4-5-17(31)15-35/h6-9,13-14,17H,2-5,10-12,15,31-32H2,1H3/t17-/m0/s1. The van der Waals surface area contributed by atoms with Gasteiger partial charge in [-0.05, 0) is 37.5 Å². The molecular weight excluding hydrogens is 483 g/mol. The number of nitrogen functional groups attached to an aromatic ring is 1. The summed E-state index contributed by atoms with van der Waals surface area (Å²) in [7, 11) is 0. The number of benzene rings is 1. The lowest BCUT2D eigenvalue weighted by Gasteiger charge is -2.33. The highest BCUT2D eigenvalue weighted by molar-refractivity contribution is 6.01. The maximum Gasteiger partial charge on any atom is 0.187 e. The minimum atomic E-state index is -1.10. The Morgan fingerprint density at radius 3 is 2.78 bits per heavy atom. The number of carbonyl (C=O) groups excluding carboxylic acids is 1. The van der Waals surface area contributed by atoms with E-state index in [0.717, 1.165) is 49.7 Å². The van der Waals surface area contributed by atoms with Gasteiger partial charge in [0, 0.05) is 55.3 Å². The first kappa shape index (κ1) is 26.4. The molecule has 1 fully saturated rings. The fourth-order valence-electron chi connectivity index (χ4n) is 4.44. The molecule has 4 N–H and O–H groups in total. The molecule has 1 saturated heterocycles. The van der Waals surface area contributed by atoms with Crippen LogP contribution in [0.3, 0.4) is 0 Å². The molecule has 7 nitrogen and oxygen atoms in total. The lowest BCUT2D eigenvalue weighted by Crippen LogP contribution is -2.43. The van der Waals surface area contributed by atoms with E-state index in [-0.39, 0.29) is 36.2 Å². The fourth-order valence-corrected chi connectivity index (χ4v) is 4.44. The van der Waals surface area contributed by atoms with Crippen molar-refractivity contribution in [2.75, 3.05) is 30.3 Å². The van der Waals surface area contributed by atoms with E-state index in [1.165, 1.54) is 0 Å². The maximum absolute atomic E-state index is 15.2. The number of ketones is 1. The molecule has 4 rings (SSSR count). The molecule has 0 aliphatic carbocycles. The minimum Gasteiger partial charge on any atom is -0.490 e. The van der Waals surface area contributed by atoms with E-state index in [9.17, 15) is 13.6 Å². The summed E-state index contributed by atoms with van der Waals surface area (Å²) < 4.78 is 50.2. The molecule has 1 aliphatic heterocycles. The summed E-state index contributed by atoms with van der Waals surface area (Å²) >= 11 is 0. The molecule has 2 aromatic heterocycles.